The molecule has 0 aromatic rings. The van der Waals surface area contributed by atoms with E-state index in [2.05, 4.69) is 35.2 Å². The highest BCUT2D eigenvalue weighted by molar-refractivity contribution is 5.82. The third-order valence-electron chi connectivity index (χ3n) is 5.04. The molecule has 1 aliphatic carbocycles. The van der Waals surface area contributed by atoms with Crippen LogP contribution in [0, 0.1) is 11.3 Å². The molecule has 1 saturated carbocycles. The van der Waals surface area contributed by atoms with Gasteiger partial charge in [-0.3, -0.25) is 9.69 Å². The quantitative estimate of drug-likeness (QED) is 0.853. The van der Waals surface area contributed by atoms with Gasteiger partial charge in [0.2, 0.25) is 5.91 Å². The molecule has 5 heteroatoms. The summed E-state index contributed by atoms with van der Waals surface area (Å²) in [5.41, 5.74) is -0.626. The normalized spacial score (nSPS) is 28.6. The Balaban J connectivity index is 1.97. The molecule has 2 fully saturated rings. The molecule has 2 aliphatic rings. The van der Waals surface area contributed by atoms with Crippen LogP contribution in [0.4, 0.5) is 0 Å². The number of hydrogen-bond acceptors (Lipinski definition) is 4. The van der Waals surface area contributed by atoms with Gasteiger partial charge >= 0.3 is 0 Å². The summed E-state index contributed by atoms with van der Waals surface area (Å²) in [7, 11) is 2.12. The zero-order valence-corrected chi connectivity index (χ0v) is 13.6. The fourth-order valence-corrected chi connectivity index (χ4v) is 3.64. The minimum Gasteiger partial charge on any atom is -0.336 e. The number of amides is 1. The zero-order chi connectivity index (χ0) is 15.5. The van der Waals surface area contributed by atoms with Crippen LogP contribution in [-0.2, 0) is 4.79 Å². The lowest BCUT2D eigenvalue weighted by Gasteiger charge is -2.42. The number of carbonyl (C=O) groups excluding carboxylic acids is 1. The Morgan fingerprint density at radius 3 is 2.57 bits per heavy atom. The summed E-state index contributed by atoms with van der Waals surface area (Å²) < 4.78 is 0. The summed E-state index contributed by atoms with van der Waals surface area (Å²) in [6.07, 6.45) is 4.82. The van der Waals surface area contributed by atoms with Gasteiger partial charge in [-0.2, -0.15) is 5.26 Å². The van der Waals surface area contributed by atoms with Crippen LogP contribution in [0.2, 0.25) is 0 Å². The molecule has 1 amide bonds. The molecule has 2 rings (SSSR count). The topological polar surface area (TPSA) is 59.4 Å². The molecule has 1 heterocycles. The number of rotatable bonds is 3. The van der Waals surface area contributed by atoms with Crippen molar-refractivity contribution in [3.63, 3.8) is 0 Å². The van der Waals surface area contributed by atoms with E-state index in [4.69, 9.17) is 0 Å². The molecule has 2 atom stereocenters. The van der Waals surface area contributed by atoms with Gasteiger partial charge in [0.1, 0.15) is 5.54 Å². The zero-order valence-electron chi connectivity index (χ0n) is 13.6. The van der Waals surface area contributed by atoms with E-state index >= 15 is 0 Å². The van der Waals surface area contributed by atoms with Crippen LogP contribution < -0.4 is 5.32 Å². The smallest absolute Gasteiger partial charge is 0.238 e. The molecule has 1 aliphatic heterocycles. The largest absolute Gasteiger partial charge is 0.336 e. The first-order valence-electron chi connectivity index (χ1n) is 8.15. The van der Waals surface area contributed by atoms with Crippen LogP contribution in [0.5, 0.6) is 0 Å². The first kappa shape index (κ1) is 16.3. The highest BCUT2D eigenvalue weighted by Crippen LogP contribution is 2.28. The second kappa shape index (κ2) is 6.76. The van der Waals surface area contributed by atoms with Crippen molar-refractivity contribution < 1.29 is 4.79 Å². The Bertz CT molecular complexity index is 411. The second-order valence-corrected chi connectivity index (χ2v) is 6.77. The maximum absolute atomic E-state index is 12.6. The molecule has 0 aromatic carbocycles. The van der Waals surface area contributed by atoms with Crippen molar-refractivity contribution in [3.8, 4) is 6.07 Å². The molecular weight excluding hydrogens is 264 g/mol. The monoisotopic (exact) mass is 292 g/mol. The van der Waals surface area contributed by atoms with Crippen LogP contribution in [0.25, 0.3) is 0 Å². The Hall–Kier alpha value is -1.12. The number of nitrogens with one attached hydrogen (secondary N) is 1. The first-order valence-corrected chi connectivity index (χ1v) is 8.15. The number of nitrogens with zero attached hydrogens (tertiary/aromatic N) is 3. The van der Waals surface area contributed by atoms with Gasteiger partial charge in [-0.15, -0.1) is 0 Å². The highest BCUT2D eigenvalue weighted by atomic mass is 16.2. The molecular formula is C16H28N4O. The number of piperazine rings is 1. The minimum absolute atomic E-state index is 0.00912. The lowest BCUT2D eigenvalue weighted by Crippen LogP contribution is -2.60. The third-order valence-corrected chi connectivity index (χ3v) is 5.04. The van der Waals surface area contributed by atoms with Gasteiger partial charge in [0.15, 0.2) is 0 Å². The van der Waals surface area contributed by atoms with Crippen LogP contribution in [0.1, 0.15) is 46.0 Å². The van der Waals surface area contributed by atoms with E-state index in [1.807, 2.05) is 6.92 Å². The highest BCUT2D eigenvalue weighted by Gasteiger charge is 2.37. The fraction of sp³-hybridized carbons (Fsp3) is 0.875. The molecule has 0 spiro atoms. The van der Waals surface area contributed by atoms with Gasteiger partial charge < -0.3 is 10.2 Å². The fourth-order valence-electron chi connectivity index (χ4n) is 3.64. The van der Waals surface area contributed by atoms with Crippen molar-refractivity contribution >= 4 is 5.91 Å². The average molecular weight is 292 g/mol. The predicted octanol–water partition coefficient (Wildman–Crippen LogP) is 1.35. The number of likely N-dealkylation sites (N-methyl/N-ethyl adjacent to an activating group) is 1. The Morgan fingerprint density at radius 1 is 1.33 bits per heavy atom. The van der Waals surface area contributed by atoms with Crippen LogP contribution in [-0.4, -0.2) is 60.0 Å². The SMILES string of the molecule is C[C@@H]1CN(C)CCN1[C@@H](C)C(=O)NC1(C#N)CCCCC1. The summed E-state index contributed by atoms with van der Waals surface area (Å²) >= 11 is 0. The molecule has 0 radical (unpaired) electrons. The van der Waals surface area contributed by atoms with Gasteiger partial charge in [0.25, 0.3) is 0 Å². The van der Waals surface area contributed by atoms with Crippen molar-refractivity contribution in [1.29, 1.82) is 5.26 Å². The van der Waals surface area contributed by atoms with Crippen molar-refractivity contribution in [2.75, 3.05) is 26.7 Å². The minimum atomic E-state index is -0.626. The maximum Gasteiger partial charge on any atom is 0.238 e. The van der Waals surface area contributed by atoms with Crippen molar-refractivity contribution in [3.05, 3.63) is 0 Å². The molecule has 0 unspecified atom stereocenters. The van der Waals surface area contributed by atoms with E-state index in [0.717, 1.165) is 45.3 Å². The van der Waals surface area contributed by atoms with E-state index in [9.17, 15) is 10.1 Å². The van der Waals surface area contributed by atoms with Gasteiger partial charge in [0.05, 0.1) is 12.1 Å². The van der Waals surface area contributed by atoms with E-state index in [1.54, 1.807) is 0 Å². The number of carbonyl (C=O) groups is 1. The van der Waals surface area contributed by atoms with E-state index in [0.29, 0.717) is 6.04 Å². The third kappa shape index (κ3) is 3.75. The summed E-state index contributed by atoms with van der Waals surface area (Å²) in [5.74, 6) is 0.00912. The summed E-state index contributed by atoms with van der Waals surface area (Å²) in [6, 6.07) is 2.57. The maximum atomic E-state index is 12.6. The van der Waals surface area contributed by atoms with Gasteiger partial charge in [0, 0.05) is 25.7 Å². The molecule has 0 bridgehead atoms. The molecule has 0 aromatic heterocycles. The number of hydrogen-bond donors (Lipinski definition) is 1. The van der Waals surface area contributed by atoms with Crippen LogP contribution in [0.15, 0.2) is 0 Å². The molecule has 1 saturated heterocycles. The van der Waals surface area contributed by atoms with Crippen LogP contribution >= 0.6 is 0 Å². The predicted molar refractivity (Wildman–Crippen MR) is 82.7 cm³/mol. The van der Waals surface area contributed by atoms with Gasteiger partial charge in [-0.05, 0) is 33.7 Å². The molecule has 21 heavy (non-hydrogen) atoms. The number of nitriles is 1. The Kier molecular flexibility index (Phi) is 5.23. The first-order chi connectivity index (χ1) is 9.97. The molecule has 5 nitrogen and oxygen atoms in total. The molecule has 118 valence electrons. The lowest BCUT2D eigenvalue weighted by atomic mass is 9.82. The van der Waals surface area contributed by atoms with Gasteiger partial charge in [-0.25, -0.2) is 0 Å². The summed E-state index contributed by atoms with van der Waals surface area (Å²) in [5, 5.41) is 12.5. The Morgan fingerprint density at radius 2 is 2.00 bits per heavy atom. The summed E-state index contributed by atoms with van der Waals surface area (Å²) in [6.45, 7) is 7.02. The molecule has 1 N–H and O–H groups in total. The Labute approximate surface area is 128 Å². The van der Waals surface area contributed by atoms with Crippen LogP contribution in [0.3, 0.4) is 0 Å². The van der Waals surface area contributed by atoms with Crippen molar-refractivity contribution in [1.82, 2.24) is 15.1 Å². The van der Waals surface area contributed by atoms with Crippen molar-refractivity contribution in [2.45, 2.75) is 63.6 Å². The summed E-state index contributed by atoms with van der Waals surface area (Å²) in [4.78, 5) is 17.1. The van der Waals surface area contributed by atoms with Crippen molar-refractivity contribution in [2.24, 2.45) is 0 Å². The van der Waals surface area contributed by atoms with E-state index in [1.165, 1.54) is 6.42 Å². The standard InChI is InChI=1S/C16H28N4O/c1-13-11-19(3)9-10-20(13)14(2)15(21)18-16(12-17)7-5-4-6-8-16/h13-14H,4-11H2,1-3H3,(H,18,21)/t13-,14+/m1/s1. The van der Waals surface area contributed by atoms with Gasteiger partial charge in [-0.1, -0.05) is 19.3 Å². The lowest BCUT2D eigenvalue weighted by molar-refractivity contribution is -0.129. The van der Waals surface area contributed by atoms with E-state index < -0.39 is 5.54 Å². The second-order valence-electron chi connectivity index (χ2n) is 6.77. The average Bonchev–Trinajstić information content (AvgIpc) is 2.47. The van der Waals surface area contributed by atoms with E-state index in [-0.39, 0.29) is 11.9 Å².